The Morgan fingerprint density at radius 2 is 1.82 bits per heavy atom. The Bertz CT molecular complexity index is 1020. The third kappa shape index (κ3) is 4.82. The molecule has 3 amide bonds. The highest BCUT2D eigenvalue weighted by Crippen LogP contribution is 2.39. The van der Waals surface area contributed by atoms with E-state index in [9.17, 15) is 14.4 Å². The molecule has 33 heavy (non-hydrogen) atoms. The van der Waals surface area contributed by atoms with E-state index in [0.717, 1.165) is 5.69 Å². The summed E-state index contributed by atoms with van der Waals surface area (Å²) in [4.78, 5) is 44.0. The number of halogens is 1. The highest BCUT2D eigenvalue weighted by Gasteiger charge is 2.54. The van der Waals surface area contributed by atoms with Crippen LogP contribution in [0, 0.1) is 0 Å². The number of nitrogens with zero attached hydrogens (tertiary/aromatic N) is 3. The topological polar surface area (TPSA) is 82.2 Å². The van der Waals surface area contributed by atoms with Crippen LogP contribution in [-0.2, 0) is 19.1 Å². The molecule has 2 heterocycles. The Morgan fingerprint density at radius 3 is 2.48 bits per heavy atom. The number of para-hydroxylation sites is 1. The predicted molar refractivity (Wildman–Crippen MR) is 126 cm³/mol. The van der Waals surface area contributed by atoms with E-state index in [4.69, 9.17) is 16.3 Å². The molecule has 2 aromatic carbocycles. The normalized spacial score (nSPS) is 17.5. The number of nitrogens with one attached hydrogen (secondary N) is 1. The lowest BCUT2D eigenvalue weighted by Crippen LogP contribution is -2.57. The summed E-state index contributed by atoms with van der Waals surface area (Å²) in [5.74, 6) is -0.461. The van der Waals surface area contributed by atoms with Crippen LogP contribution < -0.4 is 10.2 Å². The monoisotopic (exact) mass is 470 g/mol. The molecule has 1 spiro atoms. The van der Waals surface area contributed by atoms with E-state index in [1.54, 1.807) is 34.1 Å². The highest BCUT2D eigenvalue weighted by molar-refractivity contribution is 6.30. The lowest BCUT2D eigenvalue weighted by Gasteiger charge is -2.43. The molecule has 9 heteroatoms. The Kier molecular flexibility index (Phi) is 6.85. The quantitative estimate of drug-likeness (QED) is 0.701. The standard InChI is InChI=1S/C24H27ClN4O4/c1-33-16-22(31)27-12-10-24(11-13-27)23(32)28(17-29(24)20-8-3-2-4-9-20)15-21(30)26-19-7-5-6-18(25)14-19/h2-9,14H,10-13,15-17H2,1H3,(H,26,30). The van der Waals surface area contributed by atoms with E-state index in [1.807, 2.05) is 30.3 Å². The fourth-order valence-electron chi connectivity index (χ4n) is 4.60. The maximum absolute atomic E-state index is 13.7. The second kappa shape index (κ2) is 9.80. The van der Waals surface area contributed by atoms with Crippen molar-refractivity contribution in [3.05, 3.63) is 59.6 Å². The third-order valence-corrected chi connectivity index (χ3v) is 6.47. The number of likely N-dealkylation sites (tertiary alicyclic amines) is 1. The maximum Gasteiger partial charge on any atom is 0.250 e. The number of methoxy groups -OCH3 is 1. The van der Waals surface area contributed by atoms with E-state index in [-0.39, 0.29) is 30.9 Å². The van der Waals surface area contributed by atoms with Gasteiger partial charge in [0.25, 0.3) is 5.91 Å². The van der Waals surface area contributed by atoms with Crippen molar-refractivity contribution in [3.8, 4) is 0 Å². The minimum absolute atomic E-state index is 0.0269. The van der Waals surface area contributed by atoms with Gasteiger partial charge in [-0.2, -0.15) is 0 Å². The molecule has 174 valence electrons. The van der Waals surface area contributed by atoms with Gasteiger partial charge in [-0.3, -0.25) is 14.4 Å². The van der Waals surface area contributed by atoms with Gasteiger partial charge in [0, 0.05) is 36.6 Å². The molecule has 2 aliphatic heterocycles. The molecule has 8 nitrogen and oxygen atoms in total. The number of carbonyl (C=O) groups is 3. The summed E-state index contributed by atoms with van der Waals surface area (Å²) >= 11 is 6.00. The van der Waals surface area contributed by atoms with Gasteiger partial charge in [-0.05, 0) is 43.2 Å². The van der Waals surface area contributed by atoms with Crippen molar-refractivity contribution in [2.24, 2.45) is 0 Å². The summed E-state index contributed by atoms with van der Waals surface area (Å²) < 4.78 is 4.97. The number of rotatable bonds is 6. The first-order valence-electron chi connectivity index (χ1n) is 10.9. The third-order valence-electron chi connectivity index (χ3n) is 6.24. The molecular formula is C24H27ClN4O4. The van der Waals surface area contributed by atoms with Gasteiger partial charge >= 0.3 is 0 Å². The molecule has 0 atom stereocenters. The van der Waals surface area contributed by atoms with Crippen LogP contribution in [0.3, 0.4) is 0 Å². The Balaban J connectivity index is 1.52. The zero-order valence-corrected chi connectivity index (χ0v) is 19.3. The molecule has 4 rings (SSSR count). The van der Waals surface area contributed by atoms with Crippen LogP contribution in [0.4, 0.5) is 11.4 Å². The number of amides is 3. The molecule has 0 unspecified atom stereocenters. The summed E-state index contributed by atoms with van der Waals surface area (Å²) in [7, 11) is 1.49. The number of carbonyl (C=O) groups excluding carboxylic acids is 3. The number of piperidine rings is 1. The molecular weight excluding hydrogens is 444 g/mol. The maximum atomic E-state index is 13.7. The Labute approximate surface area is 198 Å². The molecule has 2 aliphatic rings. The number of anilines is 2. The highest BCUT2D eigenvalue weighted by atomic mass is 35.5. The van der Waals surface area contributed by atoms with Crippen molar-refractivity contribution in [3.63, 3.8) is 0 Å². The van der Waals surface area contributed by atoms with E-state index in [0.29, 0.717) is 43.3 Å². The molecule has 0 saturated carbocycles. The van der Waals surface area contributed by atoms with E-state index in [1.165, 1.54) is 7.11 Å². The smallest absolute Gasteiger partial charge is 0.250 e. The second-order valence-corrected chi connectivity index (χ2v) is 8.75. The fraction of sp³-hybridized carbons (Fsp3) is 0.375. The van der Waals surface area contributed by atoms with Crippen LogP contribution in [0.15, 0.2) is 54.6 Å². The summed E-state index contributed by atoms with van der Waals surface area (Å²) in [6.45, 7) is 1.18. The SMILES string of the molecule is COCC(=O)N1CCC2(CC1)C(=O)N(CC(=O)Nc1cccc(Cl)c1)CN2c1ccccc1. The van der Waals surface area contributed by atoms with Crippen LogP contribution in [0.5, 0.6) is 0 Å². The van der Waals surface area contributed by atoms with E-state index in [2.05, 4.69) is 10.2 Å². The Morgan fingerprint density at radius 1 is 1.09 bits per heavy atom. The van der Waals surface area contributed by atoms with Crippen LogP contribution in [-0.4, -0.2) is 73.1 Å². The molecule has 0 bridgehead atoms. The number of hydrogen-bond acceptors (Lipinski definition) is 5. The first-order valence-corrected chi connectivity index (χ1v) is 11.2. The van der Waals surface area contributed by atoms with Gasteiger partial charge in [-0.25, -0.2) is 0 Å². The average molecular weight is 471 g/mol. The van der Waals surface area contributed by atoms with Crippen molar-refractivity contribution in [1.29, 1.82) is 0 Å². The fourth-order valence-corrected chi connectivity index (χ4v) is 4.79. The van der Waals surface area contributed by atoms with Crippen LogP contribution in [0.25, 0.3) is 0 Å². The molecule has 0 radical (unpaired) electrons. The Hall–Kier alpha value is -3.10. The summed E-state index contributed by atoms with van der Waals surface area (Å²) in [5, 5.41) is 3.33. The van der Waals surface area contributed by atoms with Gasteiger partial charge in [0.05, 0.1) is 6.67 Å². The molecule has 1 N–H and O–H groups in total. The first kappa shape index (κ1) is 23.1. The van der Waals surface area contributed by atoms with Crippen LogP contribution >= 0.6 is 11.6 Å². The molecule has 2 fully saturated rings. The molecule has 2 aromatic rings. The summed E-state index contributed by atoms with van der Waals surface area (Å²) in [6.07, 6.45) is 0.977. The van der Waals surface area contributed by atoms with Gasteiger partial charge in [-0.1, -0.05) is 35.9 Å². The van der Waals surface area contributed by atoms with Gasteiger partial charge in [0.1, 0.15) is 18.7 Å². The van der Waals surface area contributed by atoms with Crippen molar-refractivity contribution < 1.29 is 19.1 Å². The van der Waals surface area contributed by atoms with Crippen molar-refractivity contribution in [2.75, 3.05) is 50.2 Å². The lowest BCUT2D eigenvalue weighted by molar-refractivity contribution is -0.141. The van der Waals surface area contributed by atoms with Gasteiger partial charge < -0.3 is 24.8 Å². The molecule has 0 aromatic heterocycles. The van der Waals surface area contributed by atoms with E-state index >= 15 is 0 Å². The summed E-state index contributed by atoms with van der Waals surface area (Å²) in [6, 6.07) is 16.6. The molecule has 2 saturated heterocycles. The largest absolute Gasteiger partial charge is 0.375 e. The van der Waals surface area contributed by atoms with E-state index < -0.39 is 5.54 Å². The van der Waals surface area contributed by atoms with Gasteiger partial charge in [0.2, 0.25) is 11.8 Å². The number of ether oxygens (including phenoxy) is 1. The van der Waals surface area contributed by atoms with Crippen molar-refractivity contribution >= 4 is 40.7 Å². The van der Waals surface area contributed by atoms with Crippen molar-refractivity contribution in [2.45, 2.75) is 18.4 Å². The second-order valence-electron chi connectivity index (χ2n) is 8.31. The van der Waals surface area contributed by atoms with Crippen LogP contribution in [0.2, 0.25) is 5.02 Å². The first-order chi connectivity index (χ1) is 15.9. The van der Waals surface area contributed by atoms with Gasteiger partial charge in [-0.15, -0.1) is 0 Å². The average Bonchev–Trinajstić information content (AvgIpc) is 3.06. The number of benzene rings is 2. The predicted octanol–water partition coefficient (Wildman–Crippen LogP) is 2.59. The zero-order chi connectivity index (χ0) is 23.4. The number of hydrogen-bond donors (Lipinski definition) is 1. The zero-order valence-electron chi connectivity index (χ0n) is 18.5. The van der Waals surface area contributed by atoms with Crippen LogP contribution in [0.1, 0.15) is 12.8 Å². The lowest BCUT2D eigenvalue weighted by atomic mass is 9.85. The van der Waals surface area contributed by atoms with Crippen molar-refractivity contribution in [1.82, 2.24) is 9.80 Å². The minimum atomic E-state index is -0.790. The minimum Gasteiger partial charge on any atom is -0.375 e. The molecule has 0 aliphatic carbocycles. The summed E-state index contributed by atoms with van der Waals surface area (Å²) in [5.41, 5.74) is 0.709. The van der Waals surface area contributed by atoms with Gasteiger partial charge in [0.15, 0.2) is 0 Å².